The summed E-state index contributed by atoms with van der Waals surface area (Å²) in [5.41, 5.74) is 0.724. The van der Waals surface area contributed by atoms with Gasteiger partial charge >= 0.3 is 6.61 Å². The molecule has 0 bridgehead atoms. The van der Waals surface area contributed by atoms with Crippen LogP contribution in [0.15, 0.2) is 24.3 Å². The van der Waals surface area contributed by atoms with Gasteiger partial charge in [-0.3, -0.25) is 4.79 Å². The molecule has 5 heteroatoms. The fourth-order valence-corrected chi connectivity index (χ4v) is 1.16. The second-order valence-electron chi connectivity index (χ2n) is 2.87. The van der Waals surface area contributed by atoms with Crippen LogP contribution in [0.3, 0.4) is 0 Å². The third-order valence-corrected chi connectivity index (χ3v) is 2.00. The van der Waals surface area contributed by atoms with Crippen molar-refractivity contribution in [2.75, 3.05) is 5.88 Å². The molecule has 82 valence electrons. The fourth-order valence-electron chi connectivity index (χ4n) is 1.06. The molecule has 0 aromatic heterocycles. The molecule has 1 aromatic rings. The van der Waals surface area contributed by atoms with Gasteiger partial charge in [-0.2, -0.15) is 8.78 Å². The minimum absolute atomic E-state index is 0.0463. The summed E-state index contributed by atoms with van der Waals surface area (Å²) >= 11 is 5.33. The predicted octanol–water partition coefficient (Wildman–Crippen LogP) is 2.64. The smallest absolute Gasteiger partial charge is 0.387 e. The van der Waals surface area contributed by atoms with Gasteiger partial charge in [-0.25, -0.2) is 0 Å². The van der Waals surface area contributed by atoms with Gasteiger partial charge in [-0.1, -0.05) is 12.1 Å². The average Bonchev–Trinajstić information content (AvgIpc) is 2.20. The van der Waals surface area contributed by atoms with Crippen LogP contribution in [0.1, 0.15) is 5.56 Å². The zero-order valence-electron chi connectivity index (χ0n) is 7.75. The highest BCUT2D eigenvalue weighted by Gasteiger charge is 2.05. The molecule has 0 amide bonds. The summed E-state index contributed by atoms with van der Waals surface area (Å²) in [6.45, 7) is -2.83. The highest BCUT2D eigenvalue weighted by Crippen LogP contribution is 2.15. The summed E-state index contributed by atoms with van der Waals surface area (Å²) in [5.74, 6) is -0.0822. The lowest BCUT2D eigenvalue weighted by molar-refractivity contribution is -0.116. The van der Waals surface area contributed by atoms with E-state index in [9.17, 15) is 13.6 Å². The largest absolute Gasteiger partial charge is 0.435 e. The molecule has 0 saturated heterocycles. The van der Waals surface area contributed by atoms with Crippen molar-refractivity contribution in [1.29, 1.82) is 0 Å². The van der Waals surface area contributed by atoms with Crippen molar-refractivity contribution in [3.8, 4) is 5.75 Å². The number of carbonyl (C=O) groups is 1. The molecule has 2 nitrogen and oxygen atoms in total. The lowest BCUT2D eigenvalue weighted by atomic mass is 10.1. The van der Waals surface area contributed by atoms with E-state index in [1.807, 2.05) is 0 Å². The first kappa shape index (κ1) is 11.9. The van der Waals surface area contributed by atoms with Gasteiger partial charge in [-0.05, 0) is 17.7 Å². The van der Waals surface area contributed by atoms with E-state index in [4.69, 9.17) is 11.6 Å². The van der Waals surface area contributed by atoms with Crippen molar-refractivity contribution in [3.63, 3.8) is 0 Å². The number of rotatable bonds is 5. The normalized spacial score (nSPS) is 10.4. The van der Waals surface area contributed by atoms with E-state index in [1.54, 1.807) is 12.1 Å². The molecule has 0 unspecified atom stereocenters. The number of Topliss-reactive ketones (excluding diaryl/α,β-unsaturated/α-hetero) is 1. The number of hydrogen-bond acceptors (Lipinski definition) is 2. The molecule has 0 aliphatic rings. The Labute approximate surface area is 90.8 Å². The minimum Gasteiger partial charge on any atom is -0.435 e. The first-order valence-electron chi connectivity index (χ1n) is 4.23. The number of alkyl halides is 3. The first-order valence-corrected chi connectivity index (χ1v) is 4.76. The quantitative estimate of drug-likeness (QED) is 0.732. The van der Waals surface area contributed by atoms with Crippen LogP contribution in [-0.2, 0) is 11.2 Å². The van der Waals surface area contributed by atoms with Crippen LogP contribution in [0, 0.1) is 0 Å². The summed E-state index contributed by atoms with van der Waals surface area (Å²) in [7, 11) is 0. The molecule has 1 aromatic carbocycles. The molecular formula is C10H9ClF2O2. The van der Waals surface area contributed by atoms with Crippen LogP contribution in [0.25, 0.3) is 0 Å². The van der Waals surface area contributed by atoms with E-state index in [2.05, 4.69) is 4.74 Å². The van der Waals surface area contributed by atoms with Crippen molar-refractivity contribution >= 4 is 17.4 Å². The summed E-state index contributed by atoms with van der Waals surface area (Å²) in [6.07, 6.45) is 0.207. The summed E-state index contributed by atoms with van der Waals surface area (Å²) in [6, 6.07) is 5.90. The number of ketones is 1. The van der Waals surface area contributed by atoms with E-state index in [0.29, 0.717) is 0 Å². The Morgan fingerprint density at radius 2 is 1.93 bits per heavy atom. The maximum absolute atomic E-state index is 11.8. The van der Waals surface area contributed by atoms with Gasteiger partial charge in [0.25, 0.3) is 0 Å². The Bertz CT molecular complexity index is 325. The average molecular weight is 235 g/mol. The Hall–Kier alpha value is -1.16. The molecular weight excluding hydrogens is 226 g/mol. The van der Waals surface area contributed by atoms with Crippen molar-refractivity contribution in [2.45, 2.75) is 13.0 Å². The van der Waals surface area contributed by atoms with E-state index in [0.717, 1.165) is 5.56 Å². The van der Waals surface area contributed by atoms with Crippen LogP contribution in [0.4, 0.5) is 8.78 Å². The van der Waals surface area contributed by atoms with Crippen molar-refractivity contribution in [2.24, 2.45) is 0 Å². The summed E-state index contributed by atoms with van der Waals surface area (Å²) in [5, 5.41) is 0. The first-order chi connectivity index (χ1) is 7.11. The van der Waals surface area contributed by atoms with E-state index >= 15 is 0 Å². The standard InChI is InChI=1S/C10H9ClF2O2/c11-6-8(14)5-7-1-3-9(4-2-7)15-10(12)13/h1-4,10H,5-6H2. The highest BCUT2D eigenvalue weighted by molar-refractivity contribution is 6.27. The third kappa shape index (κ3) is 4.25. The number of halogens is 3. The minimum atomic E-state index is -2.83. The van der Waals surface area contributed by atoms with Crippen molar-refractivity contribution in [3.05, 3.63) is 29.8 Å². The van der Waals surface area contributed by atoms with E-state index < -0.39 is 6.61 Å². The van der Waals surface area contributed by atoms with Gasteiger partial charge in [0.15, 0.2) is 5.78 Å². The molecule has 0 aliphatic heterocycles. The fraction of sp³-hybridized carbons (Fsp3) is 0.300. The third-order valence-electron chi connectivity index (χ3n) is 1.70. The van der Waals surface area contributed by atoms with E-state index in [1.165, 1.54) is 12.1 Å². The number of hydrogen-bond donors (Lipinski definition) is 0. The Kier molecular flexibility index (Phi) is 4.49. The molecule has 0 fully saturated rings. The number of carbonyl (C=O) groups excluding carboxylic acids is 1. The van der Waals surface area contributed by atoms with E-state index in [-0.39, 0.29) is 23.8 Å². The monoisotopic (exact) mass is 234 g/mol. The molecule has 0 atom stereocenters. The Morgan fingerprint density at radius 1 is 1.33 bits per heavy atom. The van der Waals surface area contributed by atoms with Gasteiger partial charge in [-0.15, -0.1) is 11.6 Å². The van der Waals surface area contributed by atoms with Crippen molar-refractivity contribution in [1.82, 2.24) is 0 Å². The Morgan fingerprint density at radius 3 is 2.40 bits per heavy atom. The maximum atomic E-state index is 11.8. The molecule has 15 heavy (non-hydrogen) atoms. The van der Waals surface area contributed by atoms with Crippen LogP contribution in [0.5, 0.6) is 5.75 Å². The maximum Gasteiger partial charge on any atom is 0.387 e. The zero-order valence-corrected chi connectivity index (χ0v) is 8.51. The number of benzene rings is 1. The SMILES string of the molecule is O=C(CCl)Cc1ccc(OC(F)F)cc1. The van der Waals surface area contributed by atoms with Crippen LogP contribution in [-0.4, -0.2) is 18.3 Å². The molecule has 0 spiro atoms. The van der Waals surface area contributed by atoms with Crippen LogP contribution >= 0.6 is 11.6 Å². The van der Waals surface area contributed by atoms with Gasteiger partial charge in [0.2, 0.25) is 0 Å². The zero-order chi connectivity index (χ0) is 11.3. The molecule has 0 saturated carbocycles. The summed E-state index contributed by atoms with van der Waals surface area (Å²) in [4.78, 5) is 11.0. The lowest BCUT2D eigenvalue weighted by Crippen LogP contribution is -2.04. The number of ether oxygens (including phenoxy) is 1. The molecule has 0 heterocycles. The Balaban J connectivity index is 2.60. The predicted molar refractivity (Wildman–Crippen MR) is 52.5 cm³/mol. The lowest BCUT2D eigenvalue weighted by Gasteiger charge is -2.04. The van der Waals surface area contributed by atoms with Gasteiger partial charge < -0.3 is 4.74 Å². The van der Waals surface area contributed by atoms with Crippen LogP contribution in [0.2, 0.25) is 0 Å². The molecule has 1 rings (SSSR count). The van der Waals surface area contributed by atoms with Crippen LogP contribution < -0.4 is 4.74 Å². The molecule has 0 aliphatic carbocycles. The second kappa shape index (κ2) is 5.66. The molecule has 0 radical (unpaired) electrons. The molecule has 0 N–H and O–H groups in total. The van der Waals surface area contributed by atoms with Crippen molar-refractivity contribution < 1.29 is 18.3 Å². The summed E-state index contributed by atoms with van der Waals surface area (Å²) < 4.78 is 27.7. The highest BCUT2D eigenvalue weighted by atomic mass is 35.5. The van der Waals surface area contributed by atoms with Gasteiger partial charge in [0, 0.05) is 6.42 Å². The second-order valence-corrected chi connectivity index (χ2v) is 3.14. The van der Waals surface area contributed by atoms with Gasteiger partial charge in [0.05, 0.1) is 5.88 Å². The van der Waals surface area contributed by atoms with Gasteiger partial charge in [0.1, 0.15) is 5.75 Å². The topological polar surface area (TPSA) is 26.3 Å².